The smallest absolute Gasteiger partial charge is 0.309 e. The molecule has 3 aliphatic rings. The average Bonchev–Trinajstić information content (AvgIpc) is 3.17. The van der Waals surface area contributed by atoms with Gasteiger partial charge in [-0.1, -0.05) is 0 Å². The first-order valence-corrected chi connectivity index (χ1v) is 9.57. The van der Waals surface area contributed by atoms with Gasteiger partial charge in [0.2, 0.25) is 5.91 Å². The molecule has 7 heteroatoms. The predicted octanol–water partition coefficient (Wildman–Crippen LogP) is 0.873. The van der Waals surface area contributed by atoms with E-state index in [9.17, 15) is 9.59 Å². The Morgan fingerprint density at radius 3 is 2.48 bits per heavy atom. The topological polar surface area (TPSA) is 68.3 Å². The Bertz CT molecular complexity index is 458. The fourth-order valence-corrected chi connectivity index (χ4v) is 4.02. The van der Waals surface area contributed by atoms with E-state index in [1.165, 1.54) is 0 Å². The van der Waals surface area contributed by atoms with E-state index in [0.717, 1.165) is 25.9 Å². The lowest BCUT2D eigenvalue weighted by Gasteiger charge is -2.36. The van der Waals surface area contributed by atoms with E-state index in [1.54, 1.807) is 0 Å². The van der Waals surface area contributed by atoms with Crippen LogP contribution in [0.4, 0.5) is 0 Å². The summed E-state index contributed by atoms with van der Waals surface area (Å²) in [5, 5.41) is 0. The molecule has 0 aliphatic carbocycles. The molecule has 3 fully saturated rings. The summed E-state index contributed by atoms with van der Waals surface area (Å²) in [6.45, 7) is 7.15. The number of hydrogen-bond acceptors (Lipinski definition) is 6. The van der Waals surface area contributed by atoms with Crippen molar-refractivity contribution in [3.8, 4) is 0 Å². The fourth-order valence-electron chi connectivity index (χ4n) is 4.02. The van der Waals surface area contributed by atoms with Gasteiger partial charge in [-0.25, -0.2) is 0 Å². The summed E-state index contributed by atoms with van der Waals surface area (Å²) in [7, 11) is 0. The molecular formula is C18H30N2O5. The number of rotatable bonds is 5. The molecule has 0 spiro atoms. The van der Waals surface area contributed by atoms with Crippen molar-refractivity contribution in [1.29, 1.82) is 0 Å². The Hall–Kier alpha value is -1.18. The summed E-state index contributed by atoms with van der Waals surface area (Å²) in [5.74, 6) is 0.347. The van der Waals surface area contributed by atoms with Gasteiger partial charge in [0.25, 0.3) is 0 Å². The van der Waals surface area contributed by atoms with Gasteiger partial charge >= 0.3 is 5.97 Å². The van der Waals surface area contributed by atoms with Crippen molar-refractivity contribution in [3.63, 3.8) is 0 Å². The molecule has 25 heavy (non-hydrogen) atoms. The van der Waals surface area contributed by atoms with Crippen LogP contribution in [0.15, 0.2) is 0 Å². The maximum Gasteiger partial charge on any atom is 0.309 e. The van der Waals surface area contributed by atoms with Gasteiger partial charge in [0.05, 0.1) is 32.3 Å². The van der Waals surface area contributed by atoms with Crippen LogP contribution in [0.1, 0.15) is 32.6 Å². The molecule has 0 bridgehead atoms. The summed E-state index contributed by atoms with van der Waals surface area (Å²) in [6, 6.07) is 0. The number of likely N-dealkylation sites (tertiary alicyclic amines) is 2. The SMILES string of the molecule is CCOC(=O)C1CCN(C(=O)CN2CCCC(C3OCCO3)C2)CC1. The second kappa shape index (κ2) is 8.96. The van der Waals surface area contributed by atoms with Gasteiger partial charge in [-0.05, 0) is 39.2 Å². The van der Waals surface area contributed by atoms with Gasteiger partial charge in [0.15, 0.2) is 6.29 Å². The zero-order valence-electron chi connectivity index (χ0n) is 15.2. The van der Waals surface area contributed by atoms with Crippen LogP contribution in [0.25, 0.3) is 0 Å². The summed E-state index contributed by atoms with van der Waals surface area (Å²) >= 11 is 0. The van der Waals surface area contributed by atoms with Crippen molar-refractivity contribution in [2.45, 2.75) is 38.9 Å². The minimum absolute atomic E-state index is 0.0555. The molecule has 1 atom stereocenters. The number of carbonyl (C=O) groups is 2. The highest BCUT2D eigenvalue weighted by Gasteiger charge is 2.33. The van der Waals surface area contributed by atoms with Crippen molar-refractivity contribution in [2.24, 2.45) is 11.8 Å². The first kappa shape index (κ1) is 18.6. The Kier molecular flexibility index (Phi) is 6.67. The molecule has 3 aliphatic heterocycles. The normalized spacial score (nSPS) is 26.8. The van der Waals surface area contributed by atoms with E-state index in [4.69, 9.17) is 14.2 Å². The molecule has 3 rings (SSSR count). The highest BCUT2D eigenvalue weighted by Crippen LogP contribution is 2.25. The monoisotopic (exact) mass is 354 g/mol. The van der Waals surface area contributed by atoms with E-state index in [1.807, 2.05) is 11.8 Å². The van der Waals surface area contributed by atoms with E-state index in [0.29, 0.717) is 58.2 Å². The predicted molar refractivity (Wildman–Crippen MR) is 90.8 cm³/mol. The summed E-state index contributed by atoms with van der Waals surface area (Å²) in [6.07, 6.45) is 3.48. The third-order valence-corrected chi connectivity index (χ3v) is 5.40. The number of ether oxygens (including phenoxy) is 3. The van der Waals surface area contributed by atoms with Gasteiger partial charge in [0, 0.05) is 25.6 Å². The standard InChI is InChI=1S/C18H30N2O5/c1-2-23-17(22)14-5-8-20(9-6-14)16(21)13-19-7-3-4-15(12-19)18-24-10-11-25-18/h14-15,18H,2-13H2,1H3. The zero-order valence-corrected chi connectivity index (χ0v) is 15.2. The Balaban J connectivity index is 1.42. The Labute approximate surface area is 149 Å². The van der Waals surface area contributed by atoms with Crippen LogP contribution in [0.3, 0.4) is 0 Å². The lowest BCUT2D eigenvalue weighted by atomic mass is 9.96. The molecule has 0 aromatic heterocycles. The first-order valence-electron chi connectivity index (χ1n) is 9.57. The molecule has 0 aromatic rings. The molecule has 3 heterocycles. The van der Waals surface area contributed by atoms with Crippen molar-refractivity contribution >= 4 is 11.9 Å². The van der Waals surface area contributed by atoms with Gasteiger partial charge < -0.3 is 19.1 Å². The van der Waals surface area contributed by atoms with Gasteiger partial charge in [-0.15, -0.1) is 0 Å². The van der Waals surface area contributed by atoms with Gasteiger partial charge in [-0.2, -0.15) is 0 Å². The van der Waals surface area contributed by atoms with Crippen molar-refractivity contribution in [3.05, 3.63) is 0 Å². The Morgan fingerprint density at radius 1 is 1.08 bits per heavy atom. The largest absolute Gasteiger partial charge is 0.466 e. The second-order valence-corrected chi connectivity index (χ2v) is 7.15. The van der Waals surface area contributed by atoms with E-state index in [2.05, 4.69) is 4.90 Å². The fraction of sp³-hybridized carbons (Fsp3) is 0.889. The van der Waals surface area contributed by atoms with Crippen LogP contribution in [-0.2, 0) is 23.8 Å². The van der Waals surface area contributed by atoms with Crippen LogP contribution < -0.4 is 0 Å². The quantitative estimate of drug-likeness (QED) is 0.683. The Morgan fingerprint density at radius 2 is 1.80 bits per heavy atom. The van der Waals surface area contributed by atoms with Crippen molar-refractivity contribution in [2.75, 3.05) is 52.5 Å². The number of nitrogens with zero attached hydrogens (tertiary/aromatic N) is 2. The number of piperidine rings is 2. The number of carbonyl (C=O) groups excluding carboxylic acids is 2. The number of esters is 1. The molecule has 1 amide bonds. The number of hydrogen-bond donors (Lipinski definition) is 0. The lowest BCUT2D eigenvalue weighted by molar-refractivity contribution is -0.151. The number of amides is 1. The van der Waals surface area contributed by atoms with E-state index >= 15 is 0 Å². The lowest BCUT2D eigenvalue weighted by Crippen LogP contribution is -2.48. The third-order valence-electron chi connectivity index (χ3n) is 5.40. The minimum Gasteiger partial charge on any atom is -0.466 e. The molecule has 142 valence electrons. The van der Waals surface area contributed by atoms with Gasteiger partial charge in [-0.3, -0.25) is 14.5 Å². The summed E-state index contributed by atoms with van der Waals surface area (Å²) in [5.41, 5.74) is 0. The summed E-state index contributed by atoms with van der Waals surface area (Å²) < 4.78 is 16.3. The minimum atomic E-state index is -0.120. The van der Waals surface area contributed by atoms with Crippen LogP contribution in [0.2, 0.25) is 0 Å². The van der Waals surface area contributed by atoms with Crippen molar-refractivity contribution < 1.29 is 23.8 Å². The van der Waals surface area contributed by atoms with Crippen LogP contribution >= 0.6 is 0 Å². The molecule has 0 aromatic carbocycles. The average molecular weight is 354 g/mol. The molecular weight excluding hydrogens is 324 g/mol. The second-order valence-electron chi connectivity index (χ2n) is 7.15. The van der Waals surface area contributed by atoms with Crippen molar-refractivity contribution in [1.82, 2.24) is 9.80 Å². The molecule has 0 N–H and O–H groups in total. The van der Waals surface area contributed by atoms with E-state index in [-0.39, 0.29) is 24.1 Å². The van der Waals surface area contributed by atoms with Gasteiger partial charge in [0.1, 0.15) is 0 Å². The zero-order chi connectivity index (χ0) is 17.6. The summed E-state index contributed by atoms with van der Waals surface area (Å²) in [4.78, 5) is 28.5. The maximum atomic E-state index is 12.6. The van der Waals surface area contributed by atoms with E-state index < -0.39 is 0 Å². The molecule has 3 saturated heterocycles. The molecule has 0 saturated carbocycles. The highest BCUT2D eigenvalue weighted by atomic mass is 16.7. The molecule has 0 radical (unpaired) electrons. The maximum absolute atomic E-state index is 12.6. The third kappa shape index (κ3) is 4.92. The molecule has 7 nitrogen and oxygen atoms in total. The molecule has 1 unspecified atom stereocenters. The first-order chi connectivity index (χ1) is 12.2. The highest BCUT2D eigenvalue weighted by molar-refractivity contribution is 5.79. The van der Waals surface area contributed by atoms with Crippen LogP contribution in [0, 0.1) is 11.8 Å². The van der Waals surface area contributed by atoms with Crippen LogP contribution in [0.5, 0.6) is 0 Å². The van der Waals surface area contributed by atoms with Crippen LogP contribution in [-0.4, -0.2) is 80.5 Å².